The minimum atomic E-state index is -0.0147. The van der Waals surface area contributed by atoms with Crippen LogP contribution in [0.5, 0.6) is 0 Å². The van der Waals surface area contributed by atoms with Crippen LogP contribution in [-0.2, 0) is 0 Å². The molecule has 198 valence electrons. The van der Waals surface area contributed by atoms with Crippen LogP contribution in [0, 0.1) is 6.92 Å². The molecule has 0 amide bonds. The van der Waals surface area contributed by atoms with Gasteiger partial charge in [-0.25, -0.2) is 0 Å². The second kappa shape index (κ2) is 8.90. The van der Waals surface area contributed by atoms with Crippen LogP contribution in [0.25, 0.3) is 66.9 Å². The number of allylic oxidation sites excluding steroid dienone is 3. The number of aryl methyl sites for hydroxylation is 1. The second-order valence-electron chi connectivity index (χ2n) is 10.8. The van der Waals surface area contributed by atoms with E-state index < -0.39 is 0 Å². The summed E-state index contributed by atoms with van der Waals surface area (Å²) >= 11 is 0. The highest BCUT2D eigenvalue weighted by molar-refractivity contribution is 6.06. The number of rotatable bonds is 4. The zero-order valence-electron chi connectivity index (χ0n) is 22.7. The van der Waals surface area contributed by atoms with Gasteiger partial charge < -0.3 is 19.1 Å². The van der Waals surface area contributed by atoms with Crippen molar-refractivity contribution in [3.63, 3.8) is 0 Å². The quantitative estimate of drug-likeness (QED) is 0.245. The first kappa shape index (κ1) is 23.6. The Hall–Kier alpha value is -5.22. The molecule has 1 atom stereocenters. The molecule has 0 radical (unpaired) electrons. The van der Waals surface area contributed by atoms with Crippen molar-refractivity contribution in [3.8, 4) is 11.5 Å². The van der Waals surface area contributed by atoms with E-state index in [0.717, 1.165) is 89.6 Å². The maximum atomic E-state index is 6.61. The van der Waals surface area contributed by atoms with Gasteiger partial charge in [0.05, 0.1) is 11.7 Å². The largest absolute Gasteiger partial charge is 0.456 e. The highest BCUT2D eigenvalue weighted by atomic mass is 16.3. The van der Waals surface area contributed by atoms with E-state index in [0.29, 0.717) is 0 Å². The van der Waals surface area contributed by atoms with E-state index in [1.165, 1.54) is 0 Å². The first-order valence-electron chi connectivity index (χ1n) is 13.9. The number of nitrogens with zero attached hydrogens (tertiary/aromatic N) is 1. The monoisotopic (exact) mass is 532 g/mol. The fourth-order valence-corrected chi connectivity index (χ4v) is 6.59. The third kappa shape index (κ3) is 3.47. The maximum Gasteiger partial charge on any atom is 0.155 e. The Balaban J connectivity index is 1.41. The van der Waals surface area contributed by atoms with Gasteiger partial charge in [0.25, 0.3) is 0 Å². The van der Waals surface area contributed by atoms with Crippen molar-refractivity contribution >= 4 is 55.5 Å². The minimum absolute atomic E-state index is 0.0147. The van der Waals surface area contributed by atoms with E-state index in [4.69, 9.17) is 14.6 Å². The average Bonchev–Trinajstić information content (AvgIpc) is 3.65. The number of aromatic nitrogens is 1. The van der Waals surface area contributed by atoms with Crippen molar-refractivity contribution in [2.24, 2.45) is 5.73 Å². The Bertz CT molecular complexity index is 2230. The molecule has 0 bridgehead atoms. The van der Waals surface area contributed by atoms with Crippen molar-refractivity contribution < 1.29 is 8.83 Å². The van der Waals surface area contributed by atoms with Gasteiger partial charge in [0.1, 0.15) is 16.7 Å². The number of hydrogen-bond acceptors (Lipinski definition) is 3. The molecule has 4 aromatic carbocycles. The summed E-state index contributed by atoms with van der Waals surface area (Å²) in [5, 5.41) is 4.48. The van der Waals surface area contributed by atoms with Crippen LogP contribution in [0.15, 0.2) is 124 Å². The van der Waals surface area contributed by atoms with Crippen LogP contribution in [0.3, 0.4) is 0 Å². The van der Waals surface area contributed by atoms with Crippen LogP contribution in [0.1, 0.15) is 29.2 Å². The molecule has 1 aliphatic carbocycles. The number of nitrogens with two attached hydrogens (primary N) is 1. The van der Waals surface area contributed by atoms with E-state index in [-0.39, 0.29) is 6.04 Å². The van der Waals surface area contributed by atoms with Gasteiger partial charge in [-0.05, 0) is 60.9 Å². The molecular weight excluding hydrogens is 504 g/mol. The summed E-state index contributed by atoms with van der Waals surface area (Å²) in [5.74, 6) is 0.871. The molecule has 4 nitrogen and oxygen atoms in total. The normalized spacial score (nSPS) is 15.6. The highest BCUT2D eigenvalue weighted by Crippen LogP contribution is 2.46. The van der Waals surface area contributed by atoms with Gasteiger partial charge in [0.15, 0.2) is 5.76 Å². The van der Waals surface area contributed by atoms with Gasteiger partial charge in [0.2, 0.25) is 0 Å². The zero-order chi connectivity index (χ0) is 27.7. The van der Waals surface area contributed by atoms with Gasteiger partial charge in [-0.1, -0.05) is 79.4 Å². The fraction of sp³-hybridized carbons (Fsp3) is 0.0811. The summed E-state index contributed by atoms with van der Waals surface area (Å²) in [5.41, 5.74) is 16.5. The lowest BCUT2D eigenvalue weighted by molar-refractivity contribution is 0.598. The van der Waals surface area contributed by atoms with E-state index in [1.54, 1.807) is 0 Å². The lowest BCUT2D eigenvalue weighted by Gasteiger charge is -2.28. The van der Waals surface area contributed by atoms with Gasteiger partial charge in [-0.2, -0.15) is 0 Å². The number of para-hydroxylation sites is 3. The molecule has 0 saturated heterocycles. The molecule has 1 aliphatic rings. The fourth-order valence-electron chi connectivity index (χ4n) is 6.59. The molecule has 4 heteroatoms. The topological polar surface area (TPSA) is 57.2 Å². The van der Waals surface area contributed by atoms with E-state index in [9.17, 15) is 0 Å². The first-order chi connectivity index (χ1) is 20.1. The maximum absolute atomic E-state index is 6.61. The molecule has 41 heavy (non-hydrogen) atoms. The van der Waals surface area contributed by atoms with E-state index >= 15 is 0 Å². The van der Waals surface area contributed by atoms with Crippen molar-refractivity contribution in [1.82, 2.24) is 4.57 Å². The van der Waals surface area contributed by atoms with Crippen molar-refractivity contribution in [2.75, 3.05) is 0 Å². The summed E-state index contributed by atoms with van der Waals surface area (Å²) < 4.78 is 15.2. The number of hydrogen-bond donors (Lipinski definition) is 1. The third-order valence-electron chi connectivity index (χ3n) is 8.49. The SMILES string of the molecule is C=Cc1c(-c2oc3ccccc3c2C)n(C2CC=C(N)C=C2c2ccc3oc4ccccc4c3c2)c2ccccc12. The standard InChI is InChI=1S/C37H28N2O2/c1-3-25-27-11-4-7-13-31(27)39(36(25)37-22(2)26-10-5-8-14-33(26)41-37)32-18-17-24(38)21-29(32)23-16-19-35-30(20-23)28-12-6-9-15-34(28)40-35/h3-17,19-21,32H,1,18,38H2,2H3. The number of benzene rings is 4. The predicted octanol–water partition coefficient (Wildman–Crippen LogP) is 9.78. The number of furan rings is 2. The Kier molecular flexibility index (Phi) is 5.13. The molecule has 0 fully saturated rings. The Morgan fingerprint density at radius 1 is 0.805 bits per heavy atom. The summed E-state index contributed by atoms with van der Waals surface area (Å²) in [6.07, 6.45) is 6.96. The Morgan fingerprint density at radius 3 is 2.27 bits per heavy atom. The summed E-state index contributed by atoms with van der Waals surface area (Å²) in [6.45, 7) is 6.39. The first-order valence-corrected chi connectivity index (χ1v) is 13.9. The van der Waals surface area contributed by atoms with E-state index in [1.807, 2.05) is 30.3 Å². The molecular formula is C37H28N2O2. The summed E-state index contributed by atoms with van der Waals surface area (Å²) in [4.78, 5) is 0. The molecule has 0 saturated carbocycles. The lowest BCUT2D eigenvalue weighted by Crippen LogP contribution is -2.16. The molecule has 8 rings (SSSR count). The molecule has 2 N–H and O–H groups in total. The molecule has 3 heterocycles. The molecule has 0 aliphatic heterocycles. The highest BCUT2D eigenvalue weighted by Gasteiger charge is 2.30. The van der Waals surface area contributed by atoms with E-state index in [2.05, 4.69) is 97.0 Å². The number of fused-ring (bicyclic) bond motifs is 5. The van der Waals surface area contributed by atoms with Gasteiger partial charge in [0, 0.05) is 43.9 Å². The van der Waals surface area contributed by atoms with Crippen molar-refractivity contribution in [3.05, 3.63) is 132 Å². The predicted molar refractivity (Wildman–Crippen MR) is 170 cm³/mol. The molecule has 3 aromatic heterocycles. The molecule has 7 aromatic rings. The summed E-state index contributed by atoms with van der Waals surface area (Å²) in [6, 6.07) is 31.4. The lowest BCUT2D eigenvalue weighted by atomic mass is 9.90. The summed E-state index contributed by atoms with van der Waals surface area (Å²) in [7, 11) is 0. The third-order valence-corrected chi connectivity index (χ3v) is 8.49. The van der Waals surface area contributed by atoms with Crippen molar-refractivity contribution in [2.45, 2.75) is 19.4 Å². The van der Waals surface area contributed by atoms with Crippen LogP contribution in [-0.4, -0.2) is 4.57 Å². The van der Waals surface area contributed by atoms with Gasteiger partial charge >= 0.3 is 0 Å². The smallest absolute Gasteiger partial charge is 0.155 e. The van der Waals surface area contributed by atoms with Crippen molar-refractivity contribution in [1.29, 1.82) is 0 Å². The zero-order valence-corrected chi connectivity index (χ0v) is 22.7. The van der Waals surface area contributed by atoms with Gasteiger partial charge in [-0.3, -0.25) is 0 Å². The minimum Gasteiger partial charge on any atom is -0.456 e. The van der Waals surface area contributed by atoms with Gasteiger partial charge in [-0.15, -0.1) is 0 Å². The Labute approximate surface area is 237 Å². The molecule has 0 spiro atoms. The Morgan fingerprint density at radius 2 is 1.49 bits per heavy atom. The second-order valence-corrected chi connectivity index (χ2v) is 10.8. The van der Waals surface area contributed by atoms with Crippen LogP contribution >= 0.6 is 0 Å². The average molecular weight is 533 g/mol. The van der Waals surface area contributed by atoms with Crippen LogP contribution in [0.2, 0.25) is 0 Å². The molecule has 1 unspecified atom stereocenters. The van der Waals surface area contributed by atoms with Crippen LogP contribution in [0.4, 0.5) is 0 Å². The van der Waals surface area contributed by atoms with Crippen LogP contribution < -0.4 is 5.73 Å².